The maximum Gasteiger partial charge on any atom is 0.500 e. The Morgan fingerprint density at radius 2 is 1.37 bits per heavy atom. The van der Waals surface area contributed by atoms with Crippen molar-refractivity contribution in [3.8, 4) is 6.26 Å². The number of aliphatic hydroxyl groups excluding tert-OH is 1. The molecule has 2 N–H and O–H groups in total. The molecule has 0 spiro atoms. The van der Waals surface area contributed by atoms with E-state index in [1.165, 1.54) is 0 Å². The van der Waals surface area contributed by atoms with Crippen molar-refractivity contribution in [2.24, 2.45) is 0 Å². The molecule has 0 aliphatic heterocycles. The summed E-state index contributed by atoms with van der Waals surface area (Å²) >= 11 is 0. The SMILES string of the molecule is CCC[Si](OCC)(OCC)OCC.N#CO.N=C=O. The molecule has 0 bridgehead atoms. The molecule has 0 heterocycles. The van der Waals surface area contributed by atoms with Crippen LogP contribution >= 0.6 is 0 Å². The van der Waals surface area contributed by atoms with E-state index in [0.717, 1.165) is 24.8 Å². The second kappa shape index (κ2) is 19.1. The Hall–Kier alpha value is -1.23. The molecule has 0 aromatic carbocycles. The number of hydrogen-bond acceptors (Lipinski definition) is 7. The van der Waals surface area contributed by atoms with Gasteiger partial charge in [0.15, 0.2) is 0 Å². The number of rotatable bonds is 8. The third-order valence-electron chi connectivity index (χ3n) is 1.65. The van der Waals surface area contributed by atoms with E-state index in [1.54, 1.807) is 0 Å². The fraction of sp³-hybridized carbons (Fsp3) is 0.818. The number of nitrogens with one attached hydrogen (secondary N) is 1. The van der Waals surface area contributed by atoms with Crippen molar-refractivity contribution < 1.29 is 23.2 Å². The highest BCUT2D eigenvalue weighted by atomic mass is 28.4. The maximum atomic E-state index is 8.35. The molecule has 8 heteroatoms. The number of aliphatic hydroxyl groups is 1. The van der Waals surface area contributed by atoms with Crippen LogP contribution in [0.5, 0.6) is 0 Å². The van der Waals surface area contributed by atoms with Crippen LogP contribution in [-0.4, -0.2) is 39.8 Å². The fourth-order valence-corrected chi connectivity index (χ4v) is 3.92. The van der Waals surface area contributed by atoms with Crippen molar-refractivity contribution in [3.63, 3.8) is 0 Å². The van der Waals surface area contributed by atoms with E-state index in [1.807, 2.05) is 20.8 Å². The molecule has 112 valence electrons. The molecule has 0 atom stereocenters. The van der Waals surface area contributed by atoms with Gasteiger partial charge in [0.25, 0.3) is 6.26 Å². The summed E-state index contributed by atoms with van der Waals surface area (Å²) in [5.74, 6) is 0. The predicted molar refractivity (Wildman–Crippen MR) is 71.7 cm³/mol. The number of nitriles is 1. The summed E-state index contributed by atoms with van der Waals surface area (Å²) in [6.45, 7) is 10.1. The number of hydrogen-bond donors (Lipinski definition) is 2. The Kier molecular flexibility index (Phi) is 23.0. The van der Waals surface area contributed by atoms with E-state index in [-0.39, 0.29) is 0 Å². The molecular formula is C11H24N2O5Si. The summed E-state index contributed by atoms with van der Waals surface area (Å²) in [7, 11) is -2.30. The van der Waals surface area contributed by atoms with Crippen molar-refractivity contribution in [3.05, 3.63) is 0 Å². The van der Waals surface area contributed by atoms with E-state index in [2.05, 4.69) is 6.92 Å². The van der Waals surface area contributed by atoms with Crippen LogP contribution < -0.4 is 0 Å². The summed E-state index contributed by atoms with van der Waals surface area (Å²) in [5.41, 5.74) is 0. The zero-order valence-electron chi connectivity index (χ0n) is 12.1. The summed E-state index contributed by atoms with van der Waals surface area (Å²) in [6, 6.07) is 0.919. The second-order valence-corrected chi connectivity index (χ2v) is 5.67. The van der Waals surface area contributed by atoms with Gasteiger partial charge in [0.05, 0.1) is 0 Å². The molecule has 0 radical (unpaired) electrons. The van der Waals surface area contributed by atoms with Gasteiger partial charge in [0.1, 0.15) is 0 Å². The first kappa shape index (κ1) is 22.9. The first-order chi connectivity index (χ1) is 9.07. The van der Waals surface area contributed by atoms with Crippen LogP contribution in [0, 0.1) is 16.9 Å². The highest BCUT2D eigenvalue weighted by molar-refractivity contribution is 6.60. The summed E-state index contributed by atoms with van der Waals surface area (Å²) in [6.07, 6.45) is 2.55. The number of isocyanates is 1. The minimum atomic E-state index is -2.30. The lowest BCUT2D eigenvalue weighted by Crippen LogP contribution is -2.45. The Bertz CT molecular complexity index is 222. The topological polar surface area (TPSA) is 113 Å². The minimum Gasteiger partial charge on any atom is -0.443 e. The Morgan fingerprint density at radius 3 is 1.53 bits per heavy atom. The molecule has 0 unspecified atom stereocenters. The summed E-state index contributed by atoms with van der Waals surface area (Å²) < 4.78 is 16.9. The van der Waals surface area contributed by atoms with Crippen molar-refractivity contribution in [2.75, 3.05) is 19.8 Å². The average Bonchev–Trinajstić information content (AvgIpc) is 2.32. The van der Waals surface area contributed by atoms with Crippen LogP contribution in [-0.2, 0) is 18.1 Å². The van der Waals surface area contributed by atoms with Crippen LogP contribution in [0.4, 0.5) is 0 Å². The Labute approximate surface area is 116 Å². The standard InChI is InChI=1S/C9H22O3Si.2CHNO/c1-5-9-13(10-6-2,11-7-3)12-8-4;2*2-1-3/h5-9H2,1-4H3;3H;2H. The van der Waals surface area contributed by atoms with Crippen molar-refractivity contribution >= 4 is 14.9 Å². The van der Waals surface area contributed by atoms with Gasteiger partial charge in [-0.1, -0.05) is 13.3 Å². The van der Waals surface area contributed by atoms with E-state index in [0.29, 0.717) is 19.8 Å². The van der Waals surface area contributed by atoms with Gasteiger partial charge in [-0.2, -0.15) is 5.26 Å². The lowest BCUT2D eigenvalue weighted by atomic mass is 10.6. The molecule has 19 heavy (non-hydrogen) atoms. The Balaban J connectivity index is -0.000000360. The van der Waals surface area contributed by atoms with Gasteiger partial charge < -0.3 is 18.4 Å². The third kappa shape index (κ3) is 16.8. The van der Waals surface area contributed by atoms with Crippen molar-refractivity contribution in [1.82, 2.24) is 0 Å². The first-order valence-corrected chi connectivity index (χ1v) is 7.99. The molecule has 0 aromatic rings. The summed E-state index contributed by atoms with van der Waals surface area (Å²) in [5, 5.41) is 19.2. The van der Waals surface area contributed by atoms with Gasteiger partial charge in [-0.25, -0.2) is 10.2 Å². The van der Waals surface area contributed by atoms with Crippen LogP contribution in [0.3, 0.4) is 0 Å². The quantitative estimate of drug-likeness (QED) is 0.307. The largest absolute Gasteiger partial charge is 0.500 e. The van der Waals surface area contributed by atoms with Gasteiger partial charge in [0, 0.05) is 25.9 Å². The van der Waals surface area contributed by atoms with E-state index in [9.17, 15) is 0 Å². The van der Waals surface area contributed by atoms with Crippen LogP contribution in [0.15, 0.2) is 0 Å². The van der Waals surface area contributed by atoms with Crippen LogP contribution in [0.2, 0.25) is 6.04 Å². The van der Waals surface area contributed by atoms with E-state index >= 15 is 0 Å². The Morgan fingerprint density at radius 1 is 1.11 bits per heavy atom. The van der Waals surface area contributed by atoms with Gasteiger partial charge in [0.2, 0.25) is 6.08 Å². The van der Waals surface area contributed by atoms with E-state index < -0.39 is 8.80 Å². The normalized spacial score (nSPS) is 9.00. The van der Waals surface area contributed by atoms with Gasteiger partial charge in [-0.15, -0.1) is 0 Å². The maximum absolute atomic E-state index is 8.35. The van der Waals surface area contributed by atoms with Gasteiger partial charge in [-0.3, -0.25) is 0 Å². The van der Waals surface area contributed by atoms with Gasteiger partial charge >= 0.3 is 8.80 Å². The van der Waals surface area contributed by atoms with Gasteiger partial charge in [-0.05, 0) is 20.8 Å². The zero-order valence-corrected chi connectivity index (χ0v) is 13.1. The molecule has 0 fully saturated rings. The lowest BCUT2D eigenvalue weighted by molar-refractivity contribution is 0.0712. The molecule has 0 saturated heterocycles. The summed E-state index contributed by atoms with van der Waals surface area (Å²) in [4.78, 5) is 8.35. The van der Waals surface area contributed by atoms with Crippen molar-refractivity contribution in [2.45, 2.75) is 40.2 Å². The molecule has 0 saturated carbocycles. The molecule has 0 aromatic heterocycles. The highest BCUT2D eigenvalue weighted by Crippen LogP contribution is 2.17. The molecule has 7 nitrogen and oxygen atoms in total. The molecular weight excluding hydrogens is 268 g/mol. The number of nitrogens with zero attached hydrogens (tertiary/aromatic N) is 1. The third-order valence-corrected chi connectivity index (χ3v) is 4.95. The van der Waals surface area contributed by atoms with E-state index in [4.69, 9.17) is 33.9 Å². The van der Waals surface area contributed by atoms with Crippen LogP contribution in [0.1, 0.15) is 34.1 Å². The van der Waals surface area contributed by atoms with Crippen molar-refractivity contribution in [1.29, 1.82) is 10.7 Å². The monoisotopic (exact) mass is 292 g/mol. The fourth-order valence-electron chi connectivity index (χ4n) is 1.31. The smallest absolute Gasteiger partial charge is 0.443 e. The average molecular weight is 292 g/mol. The molecule has 0 rings (SSSR count). The molecule has 0 amide bonds. The minimum absolute atomic E-state index is 0.673. The predicted octanol–water partition coefficient (Wildman–Crippen LogP) is 2.19. The molecule has 0 aliphatic carbocycles. The van der Waals surface area contributed by atoms with Crippen LogP contribution in [0.25, 0.3) is 0 Å². The zero-order chi connectivity index (χ0) is 15.6. The highest BCUT2D eigenvalue weighted by Gasteiger charge is 2.38. The molecule has 0 aliphatic rings. The second-order valence-electron chi connectivity index (χ2n) is 2.93. The lowest BCUT2D eigenvalue weighted by Gasteiger charge is -2.27. The number of carbonyl (C=O) groups excluding carboxylic acids is 1. The first-order valence-electron chi connectivity index (χ1n) is 6.06.